The summed E-state index contributed by atoms with van der Waals surface area (Å²) in [4.78, 5) is 29.3. The molecule has 8 nitrogen and oxygen atoms in total. The van der Waals surface area contributed by atoms with Crippen molar-refractivity contribution in [1.82, 2.24) is 10.3 Å². The Hall–Kier alpha value is -3.72. The zero-order chi connectivity index (χ0) is 23.3. The number of nitrogens with one attached hydrogen (secondary N) is 3. The number of anilines is 3. The molecule has 1 heterocycles. The third kappa shape index (κ3) is 5.50. The molecule has 0 fully saturated rings. The Balaban J connectivity index is 1.92. The van der Waals surface area contributed by atoms with Gasteiger partial charge in [0.15, 0.2) is 15.7 Å². The van der Waals surface area contributed by atoms with Crippen LogP contribution in [0.2, 0.25) is 0 Å². The average Bonchev–Trinajstić information content (AvgIpc) is 2.75. The lowest BCUT2D eigenvalue weighted by molar-refractivity contribution is -0.115. The molecule has 0 aliphatic heterocycles. The lowest BCUT2D eigenvalue weighted by Crippen LogP contribution is -2.20. The molecule has 0 aliphatic carbocycles. The van der Waals surface area contributed by atoms with Crippen LogP contribution in [-0.2, 0) is 21.1 Å². The van der Waals surface area contributed by atoms with Crippen LogP contribution in [-0.4, -0.2) is 38.5 Å². The SMILES string of the molecule is CNC(=O)c1cnc(Nc2ccccc2C)c(NC(=O)Cc2ccccc2S(C)(=O)=O)c1. The molecule has 9 heteroatoms. The number of aryl methyl sites for hydroxylation is 1. The normalized spacial score (nSPS) is 11.0. The minimum absolute atomic E-state index is 0.102. The van der Waals surface area contributed by atoms with Crippen molar-refractivity contribution in [3.05, 3.63) is 77.5 Å². The van der Waals surface area contributed by atoms with Crippen molar-refractivity contribution in [1.29, 1.82) is 0 Å². The largest absolute Gasteiger partial charge is 0.355 e. The highest BCUT2D eigenvalue weighted by Crippen LogP contribution is 2.27. The lowest BCUT2D eigenvalue weighted by Gasteiger charge is -2.15. The van der Waals surface area contributed by atoms with Gasteiger partial charge in [0.1, 0.15) is 0 Å². The molecule has 0 atom stereocenters. The highest BCUT2D eigenvalue weighted by atomic mass is 32.2. The van der Waals surface area contributed by atoms with E-state index in [-0.39, 0.29) is 22.8 Å². The van der Waals surface area contributed by atoms with E-state index in [1.807, 2.05) is 31.2 Å². The molecule has 0 bridgehead atoms. The van der Waals surface area contributed by atoms with Gasteiger partial charge in [-0.15, -0.1) is 0 Å². The van der Waals surface area contributed by atoms with Crippen LogP contribution in [0.25, 0.3) is 0 Å². The molecular formula is C23H24N4O4S. The number of sulfone groups is 1. The minimum atomic E-state index is -3.48. The Morgan fingerprint density at radius 1 is 1.00 bits per heavy atom. The van der Waals surface area contributed by atoms with Gasteiger partial charge < -0.3 is 16.0 Å². The Labute approximate surface area is 187 Å². The van der Waals surface area contributed by atoms with Gasteiger partial charge in [-0.2, -0.15) is 0 Å². The zero-order valence-corrected chi connectivity index (χ0v) is 18.8. The second-order valence-corrected chi connectivity index (χ2v) is 9.23. The van der Waals surface area contributed by atoms with Gasteiger partial charge in [-0.3, -0.25) is 9.59 Å². The van der Waals surface area contributed by atoms with Gasteiger partial charge in [-0.1, -0.05) is 36.4 Å². The molecule has 0 unspecified atom stereocenters. The van der Waals surface area contributed by atoms with Crippen LogP contribution in [0.4, 0.5) is 17.2 Å². The first-order valence-corrected chi connectivity index (χ1v) is 11.7. The molecule has 2 amide bonds. The molecular weight excluding hydrogens is 428 g/mol. The molecule has 3 N–H and O–H groups in total. The molecule has 3 rings (SSSR count). The molecule has 0 aliphatic rings. The van der Waals surface area contributed by atoms with E-state index in [2.05, 4.69) is 20.9 Å². The van der Waals surface area contributed by atoms with Crippen molar-refractivity contribution >= 4 is 38.8 Å². The predicted octanol–water partition coefficient (Wildman–Crippen LogP) is 3.08. The standard InChI is InChI=1S/C23H24N4O4S/c1-15-8-4-6-10-18(15)27-22-19(12-17(14-25-22)23(29)24-2)26-21(28)13-16-9-5-7-11-20(16)32(3,30)31/h4-12,14H,13H2,1-3H3,(H,24,29)(H,25,27)(H,26,28). The van der Waals surface area contributed by atoms with Gasteiger partial charge in [0.2, 0.25) is 5.91 Å². The number of aromatic nitrogens is 1. The van der Waals surface area contributed by atoms with E-state index in [4.69, 9.17) is 0 Å². The van der Waals surface area contributed by atoms with Gasteiger partial charge in [0.25, 0.3) is 5.91 Å². The minimum Gasteiger partial charge on any atom is -0.355 e. The van der Waals surface area contributed by atoms with E-state index in [9.17, 15) is 18.0 Å². The number of hydrogen-bond acceptors (Lipinski definition) is 6. The Morgan fingerprint density at radius 3 is 2.38 bits per heavy atom. The Kier molecular flexibility index (Phi) is 6.89. The number of pyridine rings is 1. The summed E-state index contributed by atoms with van der Waals surface area (Å²) >= 11 is 0. The molecule has 1 aromatic heterocycles. The summed E-state index contributed by atoms with van der Waals surface area (Å²) in [6, 6.07) is 15.5. The quantitative estimate of drug-likeness (QED) is 0.507. The fourth-order valence-corrected chi connectivity index (χ4v) is 4.09. The fourth-order valence-electron chi connectivity index (χ4n) is 3.15. The van der Waals surface area contributed by atoms with Gasteiger partial charge in [-0.25, -0.2) is 13.4 Å². The first kappa shape index (κ1) is 23.0. The highest BCUT2D eigenvalue weighted by Gasteiger charge is 2.17. The number of carbonyl (C=O) groups is 2. The van der Waals surface area contributed by atoms with E-state index in [0.29, 0.717) is 17.1 Å². The van der Waals surface area contributed by atoms with Gasteiger partial charge in [0, 0.05) is 25.2 Å². The van der Waals surface area contributed by atoms with Gasteiger partial charge in [-0.05, 0) is 36.2 Å². The number of benzene rings is 2. The maximum absolute atomic E-state index is 12.8. The van der Waals surface area contributed by atoms with E-state index in [1.165, 1.54) is 25.4 Å². The predicted molar refractivity (Wildman–Crippen MR) is 124 cm³/mol. The van der Waals surface area contributed by atoms with Crippen molar-refractivity contribution < 1.29 is 18.0 Å². The number of amides is 2. The van der Waals surface area contributed by atoms with Crippen LogP contribution in [0.1, 0.15) is 21.5 Å². The first-order chi connectivity index (χ1) is 15.2. The van der Waals surface area contributed by atoms with Crippen LogP contribution in [0.15, 0.2) is 65.7 Å². The second-order valence-electron chi connectivity index (χ2n) is 7.24. The molecule has 0 radical (unpaired) electrons. The van der Waals surface area contributed by atoms with Crippen molar-refractivity contribution in [2.45, 2.75) is 18.2 Å². The first-order valence-electron chi connectivity index (χ1n) is 9.81. The topological polar surface area (TPSA) is 117 Å². The van der Waals surface area contributed by atoms with Crippen molar-refractivity contribution in [3.63, 3.8) is 0 Å². The Bertz CT molecular complexity index is 1270. The van der Waals surface area contributed by atoms with Crippen LogP contribution < -0.4 is 16.0 Å². The molecule has 3 aromatic rings. The van der Waals surface area contributed by atoms with E-state index in [0.717, 1.165) is 17.5 Å². The molecule has 0 spiro atoms. The highest BCUT2D eigenvalue weighted by molar-refractivity contribution is 7.90. The Morgan fingerprint density at radius 2 is 1.69 bits per heavy atom. The molecule has 2 aromatic carbocycles. The third-order valence-corrected chi connectivity index (χ3v) is 5.97. The number of nitrogens with zero attached hydrogens (tertiary/aromatic N) is 1. The lowest BCUT2D eigenvalue weighted by atomic mass is 10.1. The van der Waals surface area contributed by atoms with Crippen molar-refractivity contribution in [2.75, 3.05) is 23.9 Å². The zero-order valence-electron chi connectivity index (χ0n) is 18.0. The summed E-state index contributed by atoms with van der Waals surface area (Å²) in [6.45, 7) is 1.93. The number of carbonyl (C=O) groups excluding carboxylic acids is 2. The van der Waals surface area contributed by atoms with E-state index < -0.39 is 15.7 Å². The number of hydrogen-bond donors (Lipinski definition) is 3. The van der Waals surface area contributed by atoms with E-state index >= 15 is 0 Å². The van der Waals surface area contributed by atoms with Crippen LogP contribution in [0.3, 0.4) is 0 Å². The summed E-state index contributed by atoms with van der Waals surface area (Å²) in [5, 5.41) is 8.46. The summed E-state index contributed by atoms with van der Waals surface area (Å²) < 4.78 is 24.1. The summed E-state index contributed by atoms with van der Waals surface area (Å²) in [5.74, 6) is -0.431. The third-order valence-electron chi connectivity index (χ3n) is 4.77. The summed E-state index contributed by atoms with van der Waals surface area (Å²) in [5.41, 5.74) is 2.73. The monoisotopic (exact) mass is 452 g/mol. The van der Waals surface area contributed by atoms with Crippen molar-refractivity contribution in [2.24, 2.45) is 0 Å². The molecule has 0 saturated carbocycles. The summed E-state index contributed by atoms with van der Waals surface area (Å²) in [6.07, 6.45) is 2.36. The van der Waals surface area contributed by atoms with Gasteiger partial charge >= 0.3 is 0 Å². The van der Waals surface area contributed by atoms with E-state index in [1.54, 1.807) is 18.2 Å². The smallest absolute Gasteiger partial charge is 0.252 e. The molecule has 32 heavy (non-hydrogen) atoms. The van der Waals surface area contributed by atoms with Crippen LogP contribution in [0.5, 0.6) is 0 Å². The maximum atomic E-state index is 12.8. The number of rotatable bonds is 7. The molecule has 0 saturated heterocycles. The van der Waals surface area contributed by atoms with Crippen molar-refractivity contribution in [3.8, 4) is 0 Å². The fraction of sp³-hybridized carbons (Fsp3) is 0.174. The second kappa shape index (κ2) is 9.61. The maximum Gasteiger partial charge on any atom is 0.252 e. The van der Waals surface area contributed by atoms with Crippen LogP contribution >= 0.6 is 0 Å². The average molecular weight is 453 g/mol. The van der Waals surface area contributed by atoms with Gasteiger partial charge in [0.05, 0.1) is 22.6 Å². The number of para-hydroxylation sites is 1. The van der Waals surface area contributed by atoms with Crippen LogP contribution in [0, 0.1) is 6.92 Å². The summed E-state index contributed by atoms with van der Waals surface area (Å²) in [7, 11) is -1.98. The molecule has 166 valence electrons.